The average molecular weight is 460 g/mol. The quantitative estimate of drug-likeness (QED) is 0.686. The van der Waals surface area contributed by atoms with E-state index in [1.807, 2.05) is 13.0 Å². The number of para-hydroxylation sites is 2. The van der Waals surface area contributed by atoms with Crippen LogP contribution in [0, 0.1) is 5.92 Å². The molecule has 2 N–H and O–H groups in total. The highest BCUT2D eigenvalue weighted by Gasteiger charge is 2.34. The highest BCUT2D eigenvalue weighted by molar-refractivity contribution is 7.89. The molecule has 4 rings (SSSR count). The molecule has 0 aromatic heterocycles. The summed E-state index contributed by atoms with van der Waals surface area (Å²) >= 11 is 0. The number of carbonyl (C=O) groups is 2. The second-order valence-electron chi connectivity index (χ2n) is 7.62. The van der Waals surface area contributed by atoms with E-state index in [0.29, 0.717) is 48.9 Å². The van der Waals surface area contributed by atoms with Gasteiger partial charge in [-0.25, -0.2) is 8.42 Å². The number of amides is 2. The summed E-state index contributed by atoms with van der Waals surface area (Å²) in [5.41, 5.74) is 0.880. The van der Waals surface area contributed by atoms with Gasteiger partial charge in [-0.05, 0) is 50.1 Å². The topological polar surface area (TPSA) is 114 Å². The zero-order chi connectivity index (χ0) is 22.7. The molecule has 0 aliphatic carbocycles. The SMILES string of the molecule is CCOc1ccccc1NC(=O)C1CCCN(S(=O)(=O)c2ccc3c(c2)NC(=O)CO3)C1. The summed E-state index contributed by atoms with van der Waals surface area (Å²) in [4.78, 5) is 24.5. The molecule has 32 heavy (non-hydrogen) atoms. The lowest BCUT2D eigenvalue weighted by atomic mass is 9.98. The number of benzene rings is 2. The van der Waals surface area contributed by atoms with Crippen LogP contribution >= 0.6 is 0 Å². The summed E-state index contributed by atoms with van der Waals surface area (Å²) < 4.78 is 38.7. The lowest BCUT2D eigenvalue weighted by Gasteiger charge is -2.31. The Labute approximate surface area is 186 Å². The summed E-state index contributed by atoms with van der Waals surface area (Å²) in [5.74, 6) is -0.0829. The average Bonchev–Trinajstić information content (AvgIpc) is 2.80. The molecule has 0 spiro atoms. The van der Waals surface area contributed by atoms with Gasteiger partial charge in [0.25, 0.3) is 5.91 Å². The maximum Gasteiger partial charge on any atom is 0.262 e. The van der Waals surface area contributed by atoms with Crippen molar-refractivity contribution in [2.75, 3.05) is 36.9 Å². The molecule has 2 aromatic rings. The van der Waals surface area contributed by atoms with Crippen LogP contribution in [0.1, 0.15) is 19.8 Å². The van der Waals surface area contributed by atoms with E-state index in [4.69, 9.17) is 9.47 Å². The first-order valence-corrected chi connectivity index (χ1v) is 11.9. The van der Waals surface area contributed by atoms with Crippen LogP contribution in [-0.2, 0) is 19.6 Å². The molecule has 2 heterocycles. The standard InChI is InChI=1S/C22H25N3O6S/c1-2-30-19-8-4-3-7-17(19)24-22(27)15-6-5-11-25(13-15)32(28,29)16-9-10-20-18(12-16)23-21(26)14-31-20/h3-4,7-10,12,15H,2,5-6,11,13-14H2,1H3,(H,23,26)(H,24,27). The summed E-state index contributed by atoms with van der Waals surface area (Å²) in [6.07, 6.45) is 1.15. The van der Waals surface area contributed by atoms with Crippen molar-refractivity contribution < 1.29 is 27.5 Å². The number of carbonyl (C=O) groups excluding carboxylic acids is 2. The summed E-state index contributed by atoms with van der Waals surface area (Å²) in [6, 6.07) is 11.5. The Hall–Kier alpha value is -3.11. The molecule has 170 valence electrons. The van der Waals surface area contributed by atoms with Crippen molar-refractivity contribution in [3.63, 3.8) is 0 Å². The van der Waals surface area contributed by atoms with Crippen LogP contribution in [-0.4, -0.2) is 50.8 Å². The van der Waals surface area contributed by atoms with E-state index < -0.39 is 15.9 Å². The van der Waals surface area contributed by atoms with Crippen molar-refractivity contribution in [2.24, 2.45) is 5.92 Å². The predicted molar refractivity (Wildman–Crippen MR) is 118 cm³/mol. The van der Waals surface area contributed by atoms with Gasteiger partial charge in [-0.3, -0.25) is 9.59 Å². The van der Waals surface area contributed by atoms with E-state index in [1.165, 1.54) is 22.5 Å². The monoisotopic (exact) mass is 459 g/mol. The van der Waals surface area contributed by atoms with E-state index in [-0.39, 0.29) is 29.9 Å². The third-order valence-corrected chi connectivity index (χ3v) is 7.28. The first kappa shape index (κ1) is 22.1. The van der Waals surface area contributed by atoms with Crippen LogP contribution in [0.4, 0.5) is 11.4 Å². The summed E-state index contributed by atoms with van der Waals surface area (Å²) in [7, 11) is -3.85. The van der Waals surface area contributed by atoms with Gasteiger partial charge in [-0.2, -0.15) is 4.31 Å². The molecule has 2 aromatic carbocycles. The zero-order valence-corrected chi connectivity index (χ0v) is 18.5. The number of nitrogens with one attached hydrogen (secondary N) is 2. The number of nitrogens with zero attached hydrogens (tertiary/aromatic N) is 1. The maximum absolute atomic E-state index is 13.2. The molecule has 10 heteroatoms. The molecular formula is C22H25N3O6S. The smallest absolute Gasteiger partial charge is 0.262 e. The van der Waals surface area contributed by atoms with Crippen LogP contribution in [0.3, 0.4) is 0 Å². The van der Waals surface area contributed by atoms with Crippen molar-refractivity contribution >= 4 is 33.2 Å². The number of piperidine rings is 1. The van der Waals surface area contributed by atoms with Crippen molar-refractivity contribution in [1.29, 1.82) is 0 Å². The molecule has 0 radical (unpaired) electrons. The molecule has 1 atom stereocenters. The number of rotatable bonds is 6. The Kier molecular flexibility index (Phi) is 6.33. The molecule has 2 amide bonds. The predicted octanol–water partition coefficient (Wildman–Crippen LogP) is 2.46. The minimum Gasteiger partial charge on any atom is -0.492 e. The highest BCUT2D eigenvalue weighted by Crippen LogP contribution is 2.33. The fourth-order valence-corrected chi connectivity index (χ4v) is 5.38. The molecule has 2 aliphatic heterocycles. The second kappa shape index (κ2) is 9.17. The van der Waals surface area contributed by atoms with E-state index in [1.54, 1.807) is 18.2 Å². The number of anilines is 2. The number of ether oxygens (including phenoxy) is 2. The number of hydrogen-bond donors (Lipinski definition) is 2. The van der Waals surface area contributed by atoms with Crippen LogP contribution < -0.4 is 20.1 Å². The normalized spacial score (nSPS) is 18.8. The second-order valence-corrected chi connectivity index (χ2v) is 9.55. The Morgan fingerprint density at radius 2 is 2.09 bits per heavy atom. The van der Waals surface area contributed by atoms with Crippen LogP contribution in [0.2, 0.25) is 0 Å². The Balaban J connectivity index is 1.49. The van der Waals surface area contributed by atoms with Gasteiger partial charge < -0.3 is 20.1 Å². The van der Waals surface area contributed by atoms with Crippen molar-refractivity contribution in [3.05, 3.63) is 42.5 Å². The zero-order valence-electron chi connectivity index (χ0n) is 17.7. The van der Waals surface area contributed by atoms with Gasteiger partial charge in [-0.15, -0.1) is 0 Å². The van der Waals surface area contributed by atoms with E-state index >= 15 is 0 Å². The molecule has 2 aliphatic rings. The van der Waals surface area contributed by atoms with Crippen LogP contribution in [0.25, 0.3) is 0 Å². The molecule has 1 fully saturated rings. The molecule has 9 nitrogen and oxygen atoms in total. The van der Waals surface area contributed by atoms with Gasteiger partial charge in [0, 0.05) is 13.1 Å². The number of hydrogen-bond acceptors (Lipinski definition) is 6. The highest BCUT2D eigenvalue weighted by atomic mass is 32.2. The van der Waals surface area contributed by atoms with E-state index in [9.17, 15) is 18.0 Å². The van der Waals surface area contributed by atoms with Crippen molar-refractivity contribution in [1.82, 2.24) is 4.31 Å². The molecule has 1 saturated heterocycles. The fourth-order valence-electron chi connectivity index (χ4n) is 3.83. The molecule has 0 bridgehead atoms. The first-order valence-electron chi connectivity index (χ1n) is 10.5. The minimum absolute atomic E-state index is 0.0461. The third kappa shape index (κ3) is 4.56. The van der Waals surface area contributed by atoms with Gasteiger partial charge in [0.2, 0.25) is 15.9 Å². The minimum atomic E-state index is -3.85. The maximum atomic E-state index is 13.2. The van der Waals surface area contributed by atoms with Gasteiger partial charge in [-0.1, -0.05) is 12.1 Å². The molecule has 0 saturated carbocycles. The van der Waals surface area contributed by atoms with Crippen molar-refractivity contribution in [3.8, 4) is 11.5 Å². The summed E-state index contributed by atoms with van der Waals surface area (Å²) in [5, 5.41) is 5.50. The first-order chi connectivity index (χ1) is 15.4. The van der Waals surface area contributed by atoms with Gasteiger partial charge in [0.15, 0.2) is 6.61 Å². The van der Waals surface area contributed by atoms with Gasteiger partial charge >= 0.3 is 0 Å². The Bertz CT molecular complexity index is 1130. The largest absolute Gasteiger partial charge is 0.492 e. The summed E-state index contributed by atoms with van der Waals surface area (Å²) in [6.45, 7) is 2.62. The van der Waals surface area contributed by atoms with Crippen molar-refractivity contribution in [2.45, 2.75) is 24.7 Å². The van der Waals surface area contributed by atoms with Crippen LogP contribution in [0.15, 0.2) is 47.4 Å². The molecular weight excluding hydrogens is 434 g/mol. The lowest BCUT2D eigenvalue weighted by molar-refractivity contribution is -0.121. The molecule has 1 unspecified atom stereocenters. The fraction of sp³-hybridized carbons (Fsp3) is 0.364. The van der Waals surface area contributed by atoms with Gasteiger partial charge in [0.05, 0.1) is 28.8 Å². The number of sulfonamides is 1. The number of fused-ring (bicyclic) bond motifs is 1. The Morgan fingerprint density at radius 1 is 1.28 bits per heavy atom. The van der Waals surface area contributed by atoms with Gasteiger partial charge in [0.1, 0.15) is 11.5 Å². The van der Waals surface area contributed by atoms with Crippen LogP contribution in [0.5, 0.6) is 11.5 Å². The third-order valence-electron chi connectivity index (χ3n) is 5.42. The lowest BCUT2D eigenvalue weighted by Crippen LogP contribution is -2.43. The van der Waals surface area contributed by atoms with E-state index in [0.717, 1.165) is 0 Å². The Morgan fingerprint density at radius 3 is 2.91 bits per heavy atom. The van der Waals surface area contributed by atoms with E-state index in [2.05, 4.69) is 10.6 Å².